The van der Waals surface area contributed by atoms with Crippen molar-refractivity contribution in [1.29, 1.82) is 0 Å². The number of hydrogen-bond acceptors (Lipinski definition) is 4. The van der Waals surface area contributed by atoms with Crippen LogP contribution in [0.15, 0.2) is 0 Å². The van der Waals surface area contributed by atoms with Gasteiger partial charge in [-0.25, -0.2) is 9.78 Å². The van der Waals surface area contributed by atoms with E-state index >= 15 is 0 Å². The predicted octanol–water partition coefficient (Wildman–Crippen LogP) is 1.70. The van der Waals surface area contributed by atoms with Gasteiger partial charge in [-0.15, -0.1) is 11.3 Å². The molecule has 2 N–H and O–H groups in total. The summed E-state index contributed by atoms with van der Waals surface area (Å²) in [4.78, 5) is 29.5. The minimum atomic E-state index is -0.841. The highest BCUT2D eigenvalue weighted by atomic mass is 32.1. The molecule has 1 fully saturated rings. The van der Waals surface area contributed by atoms with Gasteiger partial charge in [0.25, 0.3) is 0 Å². The van der Waals surface area contributed by atoms with Crippen molar-refractivity contribution in [3.05, 3.63) is 10.6 Å². The first kappa shape index (κ1) is 12.8. The van der Waals surface area contributed by atoms with Gasteiger partial charge in [0.05, 0.1) is 11.6 Å². The number of thiazole rings is 1. The molecule has 18 heavy (non-hydrogen) atoms. The van der Waals surface area contributed by atoms with Gasteiger partial charge in [0.2, 0.25) is 0 Å². The summed E-state index contributed by atoms with van der Waals surface area (Å²) in [5.41, 5.74) is 0.903. The number of likely N-dealkylation sites (tertiary alicyclic amines) is 1. The highest BCUT2D eigenvalue weighted by Crippen LogP contribution is 2.23. The van der Waals surface area contributed by atoms with E-state index in [0.717, 1.165) is 10.6 Å². The van der Waals surface area contributed by atoms with Gasteiger partial charge >= 0.3 is 12.0 Å². The van der Waals surface area contributed by atoms with E-state index in [4.69, 9.17) is 5.11 Å². The maximum Gasteiger partial charge on any atom is 0.323 e. The molecule has 1 unspecified atom stereocenters. The second kappa shape index (κ2) is 4.93. The molecule has 1 aromatic rings. The number of hydrogen-bond donors (Lipinski definition) is 2. The molecule has 1 aliphatic rings. The van der Waals surface area contributed by atoms with E-state index in [9.17, 15) is 9.59 Å². The minimum absolute atomic E-state index is 0.268. The molecule has 7 heteroatoms. The van der Waals surface area contributed by atoms with Crippen LogP contribution in [0, 0.1) is 19.8 Å². The Morgan fingerprint density at radius 3 is 2.72 bits per heavy atom. The van der Waals surface area contributed by atoms with Crippen LogP contribution < -0.4 is 5.32 Å². The lowest BCUT2D eigenvalue weighted by atomic mass is 10.1. The van der Waals surface area contributed by atoms with E-state index in [0.29, 0.717) is 18.1 Å². The van der Waals surface area contributed by atoms with Crippen LogP contribution >= 0.6 is 11.3 Å². The highest BCUT2D eigenvalue weighted by Gasteiger charge is 2.31. The van der Waals surface area contributed by atoms with Gasteiger partial charge in [0.1, 0.15) is 0 Å². The lowest BCUT2D eigenvalue weighted by Crippen LogP contribution is -2.33. The average molecular weight is 269 g/mol. The normalized spacial score (nSPS) is 19.0. The van der Waals surface area contributed by atoms with Gasteiger partial charge in [-0.2, -0.15) is 0 Å². The van der Waals surface area contributed by atoms with Crippen molar-refractivity contribution < 1.29 is 14.7 Å². The molecule has 0 bridgehead atoms. The Labute approximate surface area is 109 Å². The first-order valence-electron chi connectivity index (χ1n) is 5.70. The standard InChI is InChI=1S/C11H15N3O3S/c1-6-7(2)18-10(12-6)13-11(17)14-4-3-8(5-14)9(15)16/h8H,3-5H2,1-2H3,(H,15,16)(H,12,13,17). The first-order chi connectivity index (χ1) is 8.47. The average Bonchev–Trinajstić information content (AvgIpc) is 2.87. The highest BCUT2D eigenvalue weighted by molar-refractivity contribution is 7.15. The summed E-state index contributed by atoms with van der Waals surface area (Å²) in [6.07, 6.45) is 0.513. The number of carboxylic acids is 1. The number of nitrogens with zero attached hydrogens (tertiary/aromatic N) is 2. The summed E-state index contributed by atoms with van der Waals surface area (Å²) in [5, 5.41) is 12.1. The molecule has 98 valence electrons. The third-order valence-corrected chi connectivity index (χ3v) is 4.06. The number of aromatic nitrogens is 1. The number of nitrogens with one attached hydrogen (secondary N) is 1. The van der Waals surface area contributed by atoms with Gasteiger partial charge in [-0.05, 0) is 20.3 Å². The maximum atomic E-state index is 11.9. The molecule has 1 aromatic heterocycles. The Hall–Kier alpha value is -1.63. The van der Waals surface area contributed by atoms with E-state index in [1.807, 2.05) is 13.8 Å². The second-order valence-electron chi connectivity index (χ2n) is 4.36. The Morgan fingerprint density at radius 1 is 1.50 bits per heavy atom. The van der Waals surface area contributed by atoms with Crippen molar-refractivity contribution in [3.63, 3.8) is 0 Å². The second-order valence-corrected chi connectivity index (χ2v) is 5.56. The fourth-order valence-corrected chi connectivity index (χ4v) is 2.65. The zero-order valence-electron chi connectivity index (χ0n) is 10.3. The zero-order valence-corrected chi connectivity index (χ0v) is 11.1. The molecular weight excluding hydrogens is 254 g/mol. The Kier molecular flexibility index (Phi) is 3.51. The van der Waals surface area contributed by atoms with Gasteiger partial charge in [0, 0.05) is 18.0 Å². The quantitative estimate of drug-likeness (QED) is 0.856. The summed E-state index contributed by atoms with van der Waals surface area (Å²) in [6.45, 7) is 4.58. The Morgan fingerprint density at radius 2 is 2.22 bits per heavy atom. The van der Waals surface area contributed by atoms with Crippen LogP contribution in [0.4, 0.5) is 9.93 Å². The summed E-state index contributed by atoms with van der Waals surface area (Å²) in [7, 11) is 0. The smallest absolute Gasteiger partial charge is 0.323 e. The van der Waals surface area contributed by atoms with E-state index in [1.54, 1.807) is 0 Å². The molecule has 0 spiro atoms. The number of carboxylic acid groups (broad SMARTS) is 1. The first-order valence-corrected chi connectivity index (χ1v) is 6.52. The summed E-state index contributed by atoms with van der Waals surface area (Å²) >= 11 is 1.42. The fourth-order valence-electron chi connectivity index (χ4n) is 1.84. The summed E-state index contributed by atoms with van der Waals surface area (Å²) in [6, 6.07) is -0.271. The molecule has 1 atom stereocenters. The van der Waals surface area contributed by atoms with Crippen molar-refractivity contribution >= 4 is 28.5 Å². The number of aryl methyl sites for hydroxylation is 2. The van der Waals surface area contributed by atoms with Crippen molar-refractivity contribution in [3.8, 4) is 0 Å². The Balaban J connectivity index is 1.95. The van der Waals surface area contributed by atoms with Gasteiger partial charge < -0.3 is 10.0 Å². The zero-order chi connectivity index (χ0) is 13.3. The van der Waals surface area contributed by atoms with Crippen LogP contribution in [0.3, 0.4) is 0 Å². The topological polar surface area (TPSA) is 82.5 Å². The molecule has 2 amide bonds. The summed E-state index contributed by atoms with van der Waals surface area (Å²) < 4.78 is 0. The third kappa shape index (κ3) is 2.61. The van der Waals surface area contributed by atoms with Gasteiger partial charge in [0.15, 0.2) is 5.13 Å². The van der Waals surface area contributed by atoms with E-state index in [-0.39, 0.29) is 12.6 Å². The number of amides is 2. The molecule has 0 aliphatic carbocycles. The summed E-state index contributed by atoms with van der Waals surface area (Å²) in [5.74, 6) is -1.29. The molecule has 0 saturated carbocycles. The van der Waals surface area contributed by atoms with Crippen molar-refractivity contribution in [2.45, 2.75) is 20.3 Å². The van der Waals surface area contributed by atoms with E-state index in [2.05, 4.69) is 10.3 Å². The lowest BCUT2D eigenvalue weighted by Gasteiger charge is -2.15. The number of anilines is 1. The van der Waals surface area contributed by atoms with Crippen LogP contribution in [0.5, 0.6) is 0 Å². The van der Waals surface area contributed by atoms with Gasteiger partial charge in [-0.3, -0.25) is 10.1 Å². The number of carbonyl (C=O) groups excluding carboxylic acids is 1. The largest absolute Gasteiger partial charge is 0.481 e. The lowest BCUT2D eigenvalue weighted by molar-refractivity contribution is -0.141. The molecule has 1 saturated heterocycles. The minimum Gasteiger partial charge on any atom is -0.481 e. The number of rotatable bonds is 2. The van der Waals surface area contributed by atoms with Crippen LogP contribution in [0.2, 0.25) is 0 Å². The molecule has 0 aromatic carbocycles. The molecule has 2 rings (SSSR count). The monoisotopic (exact) mass is 269 g/mol. The third-order valence-electron chi connectivity index (χ3n) is 3.07. The fraction of sp³-hybridized carbons (Fsp3) is 0.545. The number of aliphatic carboxylic acids is 1. The van der Waals surface area contributed by atoms with Crippen molar-refractivity contribution in [2.24, 2.45) is 5.92 Å². The van der Waals surface area contributed by atoms with Crippen LogP contribution in [0.1, 0.15) is 17.0 Å². The number of urea groups is 1. The molecule has 0 radical (unpaired) electrons. The molecular formula is C11H15N3O3S. The number of carbonyl (C=O) groups is 2. The van der Waals surface area contributed by atoms with Crippen LogP contribution in [-0.4, -0.2) is 40.1 Å². The SMILES string of the molecule is Cc1nc(NC(=O)N2CCC(C(=O)O)C2)sc1C. The van der Waals surface area contributed by atoms with E-state index < -0.39 is 11.9 Å². The van der Waals surface area contributed by atoms with Crippen molar-refractivity contribution in [1.82, 2.24) is 9.88 Å². The van der Waals surface area contributed by atoms with Crippen LogP contribution in [0.25, 0.3) is 0 Å². The van der Waals surface area contributed by atoms with E-state index in [1.165, 1.54) is 16.2 Å². The molecule has 2 heterocycles. The maximum absolute atomic E-state index is 11.9. The molecule has 1 aliphatic heterocycles. The predicted molar refractivity (Wildman–Crippen MR) is 67.9 cm³/mol. The van der Waals surface area contributed by atoms with Crippen LogP contribution in [-0.2, 0) is 4.79 Å². The molecule has 6 nitrogen and oxygen atoms in total. The van der Waals surface area contributed by atoms with Gasteiger partial charge in [-0.1, -0.05) is 0 Å². The van der Waals surface area contributed by atoms with Crippen molar-refractivity contribution in [2.75, 3.05) is 18.4 Å². The Bertz CT molecular complexity index is 466.